The van der Waals surface area contributed by atoms with Gasteiger partial charge in [0.15, 0.2) is 5.54 Å². The molecule has 1 aliphatic heterocycles. The number of para-hydroxylation sites is 1. The second-order valence-electron chi connectivity index (χ2n) is 5.95. The van der Waals surface area contributed by atoms with E-state index in [2.05, 4.69) is 10.7 Å². The summed E-state index contributed by atoms with van der Waals surface area (Å²) in [5.41, 5.74) is 0.600. The molecule has 1 heterocycles. The van der Waals surface area contributed by atoms with E-state index in [0.29, 0.717) is 10.6 Å². The number of amides is 1. The van der Waals surface area contributed by atoms with Gasteiger partial charge in [-0.3, -0.25) is 4.79 Å². The molecule has 0 radical (unpaired) electrons. The second-order valence-corrected chi connectivity index (χ2v) is 6.77. The molecule has 3 rings (SSSR count). The molecule has 0 aliphatic carbocycles. The fourth-order valence-electron chi connectivity index (χ4n) is 2.72. The van der Waals surface area contributed by atoms with Gasteiger partial charge in [-0.1, -0.05) is 41.4 Å². The number of hydrogen-bond donors (Lipinski definition) is 2. The number of anilines is 1. The van der Waals surface area contributed by atoms with Crippen LogP contribution in [0.4, 0.5) is 18.9 Å². The van der Waals surface area contributed by atoms with E-state index >= 15 is 0 Å². The molecule has 9 heteroatoms. The Morgan fingerprint density at radius 1 is 1.22 bits per heavy atom. The molecule has 0 spiro atoms. The number of hydrazine groups is 1. The lowest BCUT2D eigenvalue weighted by atomic mass is 9.99. The van der Waals surface area contributed by atoms with Gasteiger partial charge < -0.3 is 10.3 Å². The predicted octanol–water partition coefficient (Wildman–Crippen LogP) is 4.71. The average molecular weight is 416 g/mol. The molecule has 2 aromatic carbocycles. The van der Waals surface area contributed by atoms with Crippen molar-refractivity contribution < 1.29 is 18.0 Å². The van der Waals surface area contributed by atoms with Crippen LogP contribution in [0.3, 0.4) is 0 Å². The van der Waals surface area contributed by atoms with E-state index in [4.69, 9.17) is 23.2 Å². The van der Waals surface area contributed by atoms with Gasteiger partial charge in [0.2, 0.25) is 0 Å². The molecule has 2 N–H and O–H groups in total. The minimum atomic E-state index is -3.06. The van der Waals surface area contributed by atoms with Gasteiger partial charge in [-0.2, -0.15) is 0 Å². The normalized spacial score (nSPS) is 19.0. The first-order valence-electron chi connectivity index (χ1n) is 7.78. The van der Waals surface area contributed by atoms with E-state index in [1.807, 2.05) is 0 Å². The van der Waals surface area contributed by atoms with Crippen LogP contribution in [0.15, 0.2) is 48.7 Å². The van der Waals surface area contributed by atoms with Crippen molar-refractivity contribution >= 4 is 34.8 Å². The zero-order valence-corrected chi connectivity index (χ0v) is 15.5. The van der Waals surface area contributed by atoms with Crippen LogP contribution in [0.25, 0.3) is 11.1 Å². The number of hydrogen-bond acceptors (Lipinski definition) is 3. The van der Waals surface area contributed by atoms with Crippen molar-refractivity contribution in [1.82, 2.24) is 10.4 Å². The standard InChI is InChI=1S/C18H14Cl2F3N3O/c1-26-8-7-18(25-26,16(22)23)17(27)24-15-11(3-2-4-14(15)21)10-5-6-12(19)13(20)9-10/h2-9,16,25H,1H3,(H,24,27). The van der Waals surface area contributed by atoms with Crippen molar-refractivity contribution in [2.24, 2.45) is 0 Å². The van der Waals surface area contributed by atoms with Gasteiger partial charge in [0.1, 0.15) is 5.82 Å². The summed E-state index contributed by atoms with van der Waals surface area (Å²) in [5, 5.41) is 4.06. The third-order valence-corrected chi connectivity index (χ3v) is 4.86. The molecule has 0 saturated carbocycles. The molecule has 4 nitrogen and oxygen atoms in total. The maximum Gasteiger partial charge on any atom is 0.270 e. The van der Waals surface area contributed by atoms with Crippen LogP contribution < -0.4 is 10.7 Å². The van der Waals surface area contributed by atoms with E-state index in [1.54, 1.807) is 6.07 Å². The first-order valence-corrected chi connectivity index (χ1v) is 8.54. The maximum absolute atomic E-state index is 14.5. The molecule has 142 valence electrons. The first kappa shape index (κ1) is 19.5. The van der Waals surface area contributed by atoms with Crippen molar-refractivity contribution in [2.45, 2.75) is 12.0 Å². The number of nitrogens with zero attached hydrogens (tertiary/aromatic N) is 1. The Morgan fingerprint density at radius 2 is 1.96 bits per heavy atom. The zero-order chi connectivity index (χ0) is 19.8. The van der Waals surface area contributed by atoms with Crippen molar-refractivity contribution in [3.8, 4) is 11.1 Å². The summed E-state index contributed by atoms with van der Waals surface area (Å²) in [6, 6.07) is 8.70. The molecule has 0 saturated heterocycles. The Bertz CT molecular complexity index is 923. The predicted molar refractivity (Wildman–Crippen MR) is 99.3 cm³/mol. The highest BCUT2D eigenvalue weighted by atomic mass is 35.5. The van der Waals surface area contributed by atoms with Crippen LogP contribution in [-0.2, 0) is 4.79 Å². The van der Waals surface area contributed by atoms with Crippen LogP contribution in [0.5, 0.6) is 0 Å². The smallest absolute Gasteiger partial charge is 0.270 e. The van der Waals surface area contributed by atoms with Crippen molar-refractivity contribution in [3.63, 3.8) is 0 Å². The number of alkyl halides is 2. The molecule has 1 aliphatic rings. The van der Waals surface area contributed by atoms with Gasteiger partial charge in [-0.25, -0.2) is 18.6 Å². The molecular weight excluding hydrogens is 402 g/mol. The van der Waals surface area contributed by atoms with Crippen LogP contribution in [0.1, 0.15) is 0 Å². The fraction of sp³-hybridized carbons (Fsp3) is 0.167. The molecule has 27 heavy (non-hydrogen) atoms. The lowest BCUT2D eigenvalue weighted by Gasteiger charge is -2.28. The summed E-state index contributed by atoms with van der Waals surface area (Å²) in [5.74, 6) is -1.86. The molecule has 0 aromatic heterocycles. The monoisotopic (exact) mass is 415 g/mol. The molecular formula is C18H14Cl2F3N3O. The topological polar surface area (TPSA) is 44.4 Å². The van der Waals surface area contributed by atoms with Gasteiger partial charge in [0.05, 0.1) is 15.7 Å². The van der Waals surface area contributed by atoms with Gasteiger partial charge in [-0.15, -0.1) is 0 Å². The Labute approximate surface area is 163 Å². The Hall–Kier alpha value is -2.22. The van der Waals surface area contributed by atoms with E-state index in [9.17, 15) is 18.0 Å². The highest BCUT2D eigenvalue weighted by molar-refractivity contribution is 6.42. The summed E-state index contributed by atoms with van der Waals surface area (Å²) < 4.78 is 41.7. The number of carbonyl (C=O) groups excluding carboxylic acids is 1. The minimum absolute atomic E-state index is 0.231. The van der Waals surface area contributed by atoms with Crippen molar-refractivity contribution in [2.75, 3.05) is 12.4 Å². The van der Waals surface area contributed by atoms with Gasteiger partial charge in [0, 0.05) is 18.8 Å². The van der Waals surface area contributed by atoms with E-state index in [1.165, 1.54) is 42.5 Å². The van der Waals surface area contributed by atoms with E-state index < -0.39 is 23.7 Å². The second kappa shape index (κ2) is 7.42. The van der Waals surface area contributed by atoms with Crippen molar-refractivity contribution in [3.05, 3.63) is 64.5 Å². The largest absolute Gasteiger partial charge is 0.321 e. The van der Waals surface area contributed by atoms with E-state index in [0.717, 1.165) is 12.1 Å². The van der Waals surface area contributed by atoms with Gasteiger partial charge in [0.25, 0.3) is 12.3 Å². The fourth-order valence-corrected chi connectivity index (χ4v) is 3.01. The zero-order valence-electron chi connectivity index (χ0n) is 13.9. The summed E-state index contributed by atoms with van der Waals surface area (Å²) >= 11 is 11.9. The Morgan fingerprint density at radius 3 is 2.56 bits per heavy atom. The van der Waals surface area contributed by atoms with Gasteiger partial charge in [-0.05, 0) is 29.8 Å². The minimum Gasteiger partial charge on any atom is -0.321 e. The molecule has 1 amide bonds. The summed E-state index contributed by atoms with van der Waals surface area (Å²) in [6.45, 7) is 0. The number of carbonyl (C=O) groups is 1. The number of nitrogens with one attached hydrogen (secondary N) is 2. The molecule has 1 atom stereocenters. The number of benzene rings is 2. The summed E-state index contributed by atoms with van der Waals surface area (Å²) in [6.07, 6.45) is -0.724. The van der Waals surface area contributed by atoms with Crippen molar-refractivity contribution in [1.29, 1.82) is 0 Å². The third kappa shape index (κ3) is 3.63. The summed E-state index contributed by atoms with van der Waals surface area (Å²) in [7, 11) is 1.47. The number of halogens is 5. The molecule has 2 aromatic rings. The Balaban J connectivity index is 2.01. The average Bonchev–Trinajstić information content (AvgIpc) is 3.02. The highest BCUT2D eigenvalue weighted by Gasteiger charge is 2.49. The van der Waals surface area contributed by atoms with Crippen LogP contribution in [0, 0.1) is 5.82 Å². The SMILES string of the molecule is CN1C=CC(C(=O)Nc2c(F)cccc2-c2ccc(Cl)c(Cl)c2)(C(F)F)N1. The third-order valence-electron chi connectivity index (χ3n) is 4.13. The van der Waals surface area contributed by atoms with E-state index in [-0.39, 0.29) is 16.3 Å². The molecule has 0 bridgehead atoms. The molecule has 1 unspecified atom stereocenters. The summed E-state index contributed by atoms with van der Waals surface area (Å²) in [4.78, 5) is 12.6. The first-order chi connectivity index (χ1) is 12.7. The van der Waals surface area contributed by atoms with Gasteiger partial charge >= 0.3 is 0 Å². The quantitative estimate of drug-likeness (QED) is 0.759. The van der Waals surface area contributed by atoms with Crippen LogP contribution >= 0.6 is 23.2 Å². The van der Waals surface area contributed by atoms with Crippen LogP contribution in [0.2, 0.25) is 10.0 Å². The van der Waals surface area contributed by atoms with Crippen LogP contribution in [-0.4, -0.2) is 29.9 Å². The number of rotatable bonds is 4. The lowest BCUT2D eigenvalue weighted by Crippen LogP contribution is -2.58. The highest BCUT2D eigenvalue weighted by Crippen LogP contribution is 2.35. The molecule has 0 fully saturated rings. The Kier molecular flexibility index (Phi) is 5.37. The maximum atomic E-state index is 14.5. The lowest BCUT2D eigenvalue weighted by molar-refractivity contribution is -0.127.